The standard InChI is InChI=1S/C24H30N4O/c1-4-20(17-29-24-16-25-21-9-5-6-10-22(21)26-24)27-12-14-28(15-13-27)23-11-7-8-18(2)19(23)3/h5-11,16,20H,4,12-15,17H2,1-3H3. The van der Waals surface area contributed by atoms with Crippen molar-refractivity contribution in [2.75, 3.05) is 37.7 Å². The molecule has 0 aliphatic carbocycles. The first-order valence-electron chi connectivity index (χ1n) is 10.6. The Balaban J connectivity index is 1.35. The normalized spacial score (nSPS) is 16.2. The lowest BCUT2D eigenvalue weighted by Crippen LogP contribution is -2.52. The van der Waals surface area contributed by atoms with Crippen LogP contribution in [0.2, 0.25) is 0 Å². The summed E-state index contributed by atoms with van der Waals surface area (Å²) in [5.74, 6) is 0.608. The fourth-order valence-electron chi connectivity index (χ4n) is 4.08. The van der Waals surface area contributed by atoms with E-state index in [1.54, 1.807) is 6.20 Å². The summed E-state index contributed by atoms with van der Waals surface area (Å²) in [6, 6.07) is 14.9. The molecule has 4 rings (SSSR count). The Kier molecular flexibility index (Phi) is 5.95. The number of ether oxygens (including phenoxy) is 1. The van der Waals surface area contributed by atoms with Crippen molar-refractivity contribution in [2.45, 2.75) is 33.2 Å². The number of nitrogens with zero attached hydrogens (tertiary/aromatic N) is 4. The van der Waals surface area contributed by atoms with Crippen molar-refractivity contribution < 1.29 is 4.74 Å². The number of para-hydroxylation sites is 2. The minimum absolute atomic E-state index is 0.393. The van der Waals surface area contributed by atoms with Gasteiger partial charge in [-0.25, -0.2) is 9.97 Å². The van der Waals surface area contributed by atoms with Gasteiger partial charge in [-0.3, -0.25) is 4.90 Å². The van der Waals surface area contributed by atoms with Gasteiger partial charge < -0.3 is 9.64 Å². The summed E-state index contributed by atoms with van der Waals surface area (Å²) in [4.78, 5) is 14.1. The molecule has 1 saturated heterocycles. The molecule has 1 unspecified atom stereocenters. The monoisotopic (exact) mass is 390 g/mol. The molecule has 5 nitrogen and oxygen atoms in total. The van der Waals surface area contributed by atoms with Crippen LogP contribution in [-0.2, 0) is 0 Å². The van der Waals surface area contributed by atoms with E-state index in [2.05, 4.69) is 58.7 Å². The third-order valence-corrected chi connectivity index (χ3v) is 6.07. The van der Waals surface area contributed by atoms with Crippen LogP contribution in [0.25, 0.3) is 11.0 Å². The number of aromatic nitrogens is 2. The highest BCUT2D eigenvalue weighted by Crippen LogP contribution is 2.24. The Labute approximate surface area is 173 Å². The second kappa shape index (κ2) is 8.78. The molecular formula is C24H30N4O. The van der Waals surface area contributed by atoms with Gasteiger partial charge in [0.1, 0.15) is 6.61 Å². The Morgan fingerprint density at radius 2 is 1.72 bits per heavy atom. The van der Waals surface area contributed by atoms with Crippen LogP contribution in [0.1, 0.15) is 24.5 Å². The summed E-state index contributed by atoms with van der Waals surface area (Å²) in [5.41, 5.74) is 5.91. The third-order valence-electron chi connectivity index (χ3n) is 6.07. The maximum atomic E-state index is 6.04. The molecule has 1 aliphatic heterocycles. The third kappa shape index (κ3) is 4.35. The molecule has 0 bridgehead atoms. The Bertz CT molecular complexity index is 966. The Morgan fingerprint density at radius 1 is 0.966 bits per heavy atom. The molecule has 2 aromatic carbocycles. The zero-order valence-electron chi connectivity index (χ0n) is 17.6. The van der Waals surface area contributed by atoms with Gasteiger partial charge in [0.05, 0.1) is 17.2 Å². The molecule has 0 saturated carbocycles. The van der Waals surface area contributed by atoms with Crippen molar-refractivity contribution in [3.63, 3.8) is 0 Å². The Hall–Kier alpha value is -2.66. The minimum Gasteiger partial charge on any atom is -0.475 e. The van der Waals surface area contributed by atoms with E-state index < -0.39 is 0 Å². The highest BCUT2D eigenvalue weighted by molar-refractivity contribution is 5.73. The average molecular weight is 391 g/mol. The molecule has 3 aromatic rings. The smallest absolute Gasteiger partial charge is 0.232 e. The maximum Gasteiger partial charge on any atom is 0.232 e. The molecule has 1 atom stereocenters. The molecule has 0 amide bonds. The second-order valence-electron chi connectivity index (χ2n) is 7.81. The van der Waals surface area contributed by atoms with Gasteiger partial charge in [-0.1, -0.05) is 31.2 Å². The first kappa shape index (κ1) is 19.6. The van der Waals surface area contributed by atoms with Crippen LogP contribution in [0.5, 0.6) is 5.88 Å². The molecule has 152 valence electrons. The Morgan fingerprint density at radius 3 is 2.48 bits per heavy atom. The summed E-state index contributed by atoms with van der Waals surface area (Å²) >= 11 is 0. The van der Waals surface area contributed by atoms with Crippen molar-refractivity contribution >= 4 is 16.7 Å². The number of hydrogen-bond donors (Lipinski definition) is 0. The second-order valence-corrected chi connectivity index (χ2v) is 7.81. The van der Waals surface area contributed by atoms with Gasteiger partial charge in [-0.2, -0.15) is 0 Å². The van der Waals surface area contributed by atoms with E-state index in [0.29, 0.717) is 18.5 Å². The number of aryl methyl sites for hydroxylation is 1. The van der Waals surface area contributed by atoms with E-state index in [4.69, 9.17) is 4.74 Å². The van der Waals surface area contributed by atoms with Crippen molar-refractivity contribution in [3.8, 4) is 5.88 Å². The lowest BCUT2D eigenvalue weighted by molar-refractivity contribution is 0.122. The van der Waals surface area contributed by atoms with E-state index in [-0.39, 0.29) is 0 Å². The predicted molar refractivity (Wildman–Crippen MR) is 119 cm³/mol. The molecule has 0 N–H and O–H groups in total. The highest BCUT2D eigenvalue weighted by atomic mass is 16.5. The molecular weight excluding hydrogens is 360 g/mol. The van der Waals surface area contributed by atoms with Crippen LogP contribution in [0.4, 0.5) is 5.69 Å². The molecule has 0 radical (unpaired) electrons. The lowest BCUT2D eigenvalue weighted by Gasteiger charge is -2.40. The van der Waals surface area contributed by atoms with E-state index >= 15 is 0 Å². The summed E-state index contributed by atoms with van der Waals surface area (Å²) in [7, 11) is 0. The number of fused-ring (bicyclic) bond motifs is 1. The van der Waals surface area contributed by atoms with Gasteiger partial charge in [-0.05, 0) is 49.6 Å². The van der Waals surface area contributed by atoms with Crippen molar-refractivity contribution in [3.05, 3.63) is 59.8 Å². The summed E-state index contributed by atoms with van der Waals surface area (Å²) in [6.45, 7) is 11.5. The average Bonchev–Trinajstić information content (AvgIpc) is 2.76. The fourth-order valence-corrected chi connectivity index (χ4v) is 4.08. The molecule has 29 heavy (non-hydrogen) atoms. The van der Waals surface area contributed by atoms with Gasteiger partial charge in [-0.15, -0.1) is 0 Å². The first-order valence-corrected chi connectivity index (χ1v) is 10.6. The fraction of sp³-hybridized carbons (Fsp3) is 0.417. The molecule has 5 heteroatoms. The highest BCUT2D eigenvalue weighted by Gasteiger charge is 2.24. The zero-order chi connectivity index (χ0) is 20.2. The first-order chi connectivity index (χ1) is 14.2. The minimum atomic E-state index is 0.393. The number of benzene rings is 2. The van der Waals surface area contributed by atoms with Crippen LogP contribution in [0.3, 0.4) is 0 Å². The number of anilines is 1. The van der Waals surface area contributed by atoms with Crippen molar-refractivity contribution in [1.82, 2.24) is 14.9 Å². The maximum absolute atomic E-state index is 6.04. The molecule has 1 fully saturated rings. The number of hydrogen-bond acceptors (Lipinski definition) is 5. The van der Waals surface area contributed by atoms with E-state index in [9.17, 15) is 0 Å². The summed E-state index contributed by atoms with van der Waals surface area (Å²) < 4.78 is 6.04. The summed E-state index contributed by atoms with van der Waals surface area (Å²) in [6.07, 6.45) is 2.79. The van der Waals surface area contributed by atoms with Crippen LogP contribution in [-0.4, -0.2) is 53.7 Å². The van der Waals surface area contributed by atoms with Gasteiger partial charge >= 0.3 is 0 Å². The largest absolute Gasteiger partial charge is 0.475 e. The van der Waals surface area contributed by atoms with Gasteiger partial charge in [0.2, 0.25) is 5.88 Å². The van der Waals surface area contributed by atoms with Crippen LogP contribution >= 0.6 is 0 Å². The zero-order valence-corrected chi connectivity index (χ0v) is 17.6. The van der Waals surface area contributed by atoms with Gasteiger partial charge in [0.15, 0.2) is 0 Å². The molecule has 1 aromatic heterocycles. The van der Waals surface area contributed by atoms with Crippen molar-refractivity contribution in [1.29, 1.82) is 0 Å². The number of rotatable bonds is 6. The lowest BCUT2D eigenvalue weighted by atomic mass is 10.1. The topological polar surface area (TPSA) is 41.5 Å². The van der Waals surface area contributed by atoms with E-state index in [1.807, 2.05) is 24.3 Å². The molecule has 2 heterocycles. The van der Waals surface area contributed by atoms with E-state index in [0.717, 1.165) is 43.6 Å². The number of piperazine rings is 1. The predicted octanol–water partition coefficient (Wildman–Crippen LogP) is 4.23. The van der Waals surface area contributed by atoms with Crippen LogP contribution < -0.4 is 9.64 Å². The quantitative estimate of drug-likeness (QED) is 0.630. The molecule has 0 spiro atoms. The summed E-state index contributed by atoms with van der Waals surface area (Å²) in [5, 5.41) is 0. The van der Waals surface area contributed by atoms with E-state index in [1.165, 1.54) is 16.8 Å². The van der Waals surface area contributed by atoms with Crippen LogP contribution in [0.15, 0.2) is 48.7 Å². The van der Waals surface area contributed by atoms with Crippen LogP contribution in [0, 0.1) is 13.8 Å². The van der Waals surface area contributed by atoms with Gasteiger partial charge in [0, 0.05) is 37.9 Å². The molecule has 1 aliphatic rings. The SMILES string of the molecule is CCC(COc1cnc2ccccc2n1)N1CCN(c2cccc(C)c2C)CC1. The van der Waals surface area contributed by atoms with Crippen molar-refractivity contribution in [2.24, 2.45) is 0 Å². The van der Waals surface area contributed by atoms with Gasteiger partial charge in [0.25, 0.3) is 0 Å².